The molecule has 1 aliphatic rings. The van der Waals surface area contributed by atoms with E-state index in [2.05, 4.69) is 0 Å². The maximum Gasteiger partial charge on any atom is 0.298 e. The lowest BCUT2D eigenvalue weighted by Crippen LogP contribution is -2.14. The molecule has 0 aromatic heterocycles. The molecule has 0 spiro atoms. The average Bonchev–Trinajstić information content (AvgIpc) is 2.50. The summed E-state index contributed by atoms with van der Waals surface area (Å²) in [5, 5.41) is 0. The topological polar surface area (TPSA) is 82.1 Å². The van der Waals surface area contributed by atoms with Crippen molar-refractivity contribution in [1.29, 1.82) is 0 Å². The Labute approximate surface area is 136 Å². The van der Waals surface area contributed by atoms with Gasteiger partial charge in [0.15, 0.2) is 0 Å². The van der Waals surface area contributed by atoms with Crippen LogP contribution in [0.1, 0.15) is 18.4 Å². The Bertz CT molecular complexity index is 678. The van der Waals surface area contributed by atoms with Crippen LogP contribution in [0.2, 0.25) is 0 Å². The molecule has 23 heavy (non-hydrogen) atoms. The van der Waals surface area contributed by atoms with E-state index >= 15 is 0 Å². The molecule has 7 heteroatoms. The van der Waals surface area contributed by atoms with Crippen LogP contribution in [0, 0.1) is 6.92 Å². The maximum absolute atomic E-state index is 11.3. The Hall–Kier alpha value is -1.83. The number of hydrogen-bond acceptors (Lipinski definition) is 5. The second kappa shape index (κ2) is 8.14. The van der Waals surface area contributed by atoms with Gasteiger partial charge in [-0.25, -0.2) is 0 Å². The second-order valence-corrected chi connectivity index (χ2v) is 6.46. The van der Waals surface area contributed by atoms with Gasteiger partial charge in [-0.2, -0.15) is 8.42 Å². The van der Waals surface area contributed by atoms with E-state index < -0.39 is 10.1 Å². The minimum absolute atomic E-state index is 0.164. The predicted molar refractivity (Wildman–Crippen MR) is 84.8 cm³/mol. The number of allylic oxidation sites excluding steroid dienone is 2. The summed E-state index contributed by atoms with van der Waals surface area (Å²) in [7, 11) is -4.29. The maximum atomic E-state index is 11.3. The monoisotopic (exact) mass is 340 g/mol. The number of hydrogen-bond donors (Lipinski definition) is 1. The summed E-state index contributed by atoms with van der Waals surface area (Å²) >= 11 is 0. The number of ether oxygens (including phenoxy) is 3. The van der Waals surface area contributed by atoms with Crippen molar-refractivity contribution >= 4 is 10.1 Å². The fourth-order valence-electron chi connectivity index (χ4n) is 1.99. The van der Waals surface area contributed by atoms with Gasteiger partial charge in [0.25, 0.3) is 10.1 Å². The normalized spacial score (nSPS) is 17.0. The molecule has 2 rings (SSSR count). The zero-order valence-corrected chi connectivity index (χ0v) is 13.7. The van der Waals surface area contributed by atoms with Gasteiger partial charge in [0.1, 0.15) is 10.6 Å². The molecule has 1 atom stereocenters. The molecule has 0 saturated carbocycles. The van der Waals surface area contributed by atoms with E-state index in [0.717, 1.165) is 12.0 Å². The highest BCUT2D eigenvalue weighted by molar-refractivity contribution is 7.86. The van der Waals surface area contributed by atoms with E-state index in [9.17, 15) is 13.0 Å². The first-order valence-corrected chi connectivity index (χ1v) is 8.72. The average molecular weight is 340 g/mol. The summed E-state index contributed by atoms with van der Waals surface area (Å²) in [6.45, 7) is 2.66. The molecule has 1 N–H and O–H groups in total. The lowest BCUT2D eigenvalue weighted by molar-refractivity contribution is -0.0753. The number of unbranched alkanes of at least 4 members (excludes halogenated alkanes) is 1. The van der Waals surface area contributed by atoms with Crippen molar-refractivity contribution in [2.75, 3.05) is 13.2 Å². The summed E-state index contributed by atoms with van der Waals surface area (Å²) in [6, 6.07) is 4.53. The lowest BCUT2D eigenvalue weighted by Gasteiger charge is -2.15. The Balaban J connectivity index is 1.75. The van der Waals surface area contributed by atoms with Crippen LogP contribution in [0.5, 0.6) is 5.75 Å². The SMILES string of the molecule is Cc1ccc(S(=O)(=O)O)c(OCCCCO[C@@H]2C=CC=CO2)c1. The summed E-state index contributed by atoms with van der Waals surface area (Å²) in [5.74, 6) is 0.164. The van der Waals surface area contributed by atoms with Gasteiger partial charge in [0.05, 0.1) is 19.5 Å². The molecule has 0 aliphatic carbocycles. The first kappa shape index (κ1) is 17.5. The third-order valence-corrected chi connectivity index (χ3v) is 4.02. The molecule has 0 saturated heterocycles. The van der Waals surface area contributed by atoms with E-state index in [0.29, 0.717) is 19.6 Å². The first-order valence-electron chi connectivity index (χ1n) is 7.28. The van der Waals surface area contributed by atoms with Crippen LogP contribution < -0.4 is 4.74 Å². The molecule has 0 bridgehead atoms. The smallest absolute Gasteiger partial charge is 0.298 e. The van der Waals surface area contributed by atoms with Gasteiger partial charge >= 0.3 is 0 Å². The molecule has 1 aromatic carbocycles. The highest BCUT2D eigenvalue weighted by Gasteiger charge is 2.16. The zero-order chi connectivity index (χ0) is 16.7. The molecular weight excluding hydrogens is 320 g/mol. The molecule has 0 unspecified atom stereocenters. The largest absolute Gasteiger partial charge is 0.492 e. The number of benzene rings is 1. The van der Waals surface area contributed by atoms with Gasteiger partial charge in [-0.3, -0.25) is 4.55 Å². The van der Waals surface area contributed by atoms with Crippen LogP contribution in [0.15, 0.2) is 47.6 Å². The van der Waals surface area contributed by atoms with Crippen molar-refractivity contribution in [1.82, 2.24) is 0 Å². The fourth-order valence-corrected chi connectivity index (χ4v) is 2.60. The minimum Gasteiger partial charge on any atom is -0.492 e. The molecule has 0 fully saturated rings. The van der Waals surface area contributed by atoms with E-state index in [4.69, 9.17) is 14.2 Å². The lowest BCUT2D eigenvalue weighted by atomic mass is 10.2. The number of rotatable bonds is 8. The Kier molecular flexibility index (Phi) is 6.20. The molecule has 1 aromatic rings. The van der Waals surface area contributed by atoms with Gasteiger partial charge in [-0.15, -0.1) is 0 Å². The molecule has 6 nitrogen and oxygen atoms in total. The molecular formula is C16H20O6S. The van der Waals surface area contributed by atoms with Crippen molar-refractivity contribution in [3.8, 4) is 5.75 Å². The van der Waals surface area contributed by atoms with Crippen LogP contribution in [0.3, 0.4) is 0 Å². The number of aryl methyl sites for hydroxylation is 1. The summed E-state index contributed by atoms with van der Waals surface area (Å²) in [5.41, 5.74) is 0.852. The van der Waals surface area contributed by atoms with Gasteiger partial charge < -0.3 is 14.2 Å². The minimum atomic E-state index is -4.29. The molecule has 126 valence electrons. The second-order valence-electron chi connectivity index (χ2n) is 5.07. The van der Waals surface area contributed by atoms with Crippen molar-refractivity contribution in [2.45, 2.75) is 31.0 Å². The Morgan fingerprint density at radius 3 is 2.70 bits per heavy atom. The van der Waals surface area contributed by atoms with Crippen LogP contribution in [-0.4, -0.2) is 32.5 Å². The third kappa shape index (κ3) is 5.70. The standard InChI is InChI=1S/C16H20O6S/c1-13-7-8-15(23(17,18)19)14(12-13)20-9-4-5-11-22-16-6-2-3-10-21-16/h2-3,6-8,10,12,16H,4-5,9,11H2,1H3,(H,17,18,19)/t16-/m1/s1. The third-order valence-electron chi connectivity index (χ3n) is 3.13. The highest BCUT2D eigenvalue weighted by Crippen LogP contribution is 2.25. The van der Waals surface area contributed by atoms with Crippen LogP contribution in [0.4, 0.5) is 0 Å². The molecule has 0 amide bonds. The van der Waals surface area contributed by atoms with Crippen LogP contribution >= 0.6 is 0 Å². The predicted octanol–water partition coefficient (Wildman–Crippen LogP) is 2.84. The Morgan fingerprint density at radius 1 is 1.22 bits per heavy atom. The van der Waals surface area contributed by atoms with Crippen molar-refractivity contribution in [2.24, 2.45) is 0 Å². The van der Waals surface area contributed by atoms with E-state index in [1.807, 2.05) is 19.1 Å². The molecule has 0 radical (unpaired) electrons. The fraction of sp³-hybridized carbons (Fsp3) is 0.375. The van der Waals surface area contributed by atoms with Crippen molar-refractivity contribution in [3.05, 3.63) is 48.3 Å². The van der Waals surface area contributed by atoms with E-state index in [1.54, 1.807) is 24.5 Å². The van der Waals surface area contributed by atoms with Gasteiger partial charge in [0, 0.05) is 0 Å². The van der Waals surface area contributed by atoms with E-state index in [-0.39, 0.29) is 16.9 Å². The van der Waals surface area contributed by atoms with Gasteiger partial charge in [0.2, 0.25) is 6.29 Å². The molecule has 1 aliphatic heterocycles. The van der Waals surface area contributed by atoms with Crippen molar-refractivity contribution in [3.63, 3.8) is 0 Å². The Morgan fingerprint density at radius 2 is 2.00 bits per heavy atom. The summed E-state index contributed by atoms with van der Waals surface area (Å²) < 4.78 is 48.0. The van der Waals surface area contributed by atoms with E-state index in [1.165, 1.54) is 6.07 Å². The highest BCUT2D eigenvalue weighted by atomic mass is 32.2. The summed E-state index contributed by atoms with van der Waals surface area (Å²) in [4.78, 5) is -0.216. The van der Waals surface area contributed by atoms with Gasteiger partial charge in [-0.1, -0.05) is 12.1 Å². The summed E-state index contributed by atoms with van der Waals surface area (Å²) in [6.07, 6.45) is 8.08. The quantitative estimate of drug-likeness (QED) is 0.579. The van der Waals surface area contributed by atoms with Crippen LogP contribution in [0.25, 0.3) is 0 Å². The zero-order valence-electron chi connectivity index (χ0n) is 12.8. The first-order chi connectivity index (χ1) is 11.0. The van der Waals surface area contributed by atoms with Crippen LogP contribution in [-0.2, 0) is 19.6 Å². The van der Waals surface area contributed by atoms with Crippen molar-refractivity contribution < 1.29 is 27.2 Å². The molecule has 1 heterocycles. The van der Waals surface area contributed by atoms with Gasteiger partial charge in [-0.05, 0) is 49.6 Å².